The van der Waals surface area contributed by atoms with Crippen LogP contribution in [-0.4, -0.2) is 21.4 Å². The SMILES string of the molecule is CCC(O)(CC)CSc1nc(C)cc(C)c1C#N. The molecule has 3 nitrogen and oxygen atoms in total. The number of aliphatic hydroxyl groups is 1. The van der Waals surface area contributed by atoms with Gasteiger partial charge in [0.2, 0.25) is 0 Å². The Morgan fingerprint density at radius 1 is 1.39 bits per heavy atom. The van der Waals surface area contributed by atoms with Gasteiger partial charge in [-0.15, -0.1) is 11.8 Å². The molecule has 1 aromatic heterocycles. The van der Waals surface area contributed by atoms with Gasteiger partial charge in [0, 0.05) is 11.4 Å². The van der Waals surface area contributed by atoms with E-state index >= 15 is 0 Å². The average Bonchev–Trinajstić information content (AvgIpc) is 2.35. The lowest BCUT2D eigenvalue weighted by Gasteiger charge is -2.24. The second-order valence-electron chi connectivity index (χ2n) is 4.59. The van der Waals surface area contributed by atoms with Crippen LogP contribution in [0.1, 0.15) is 43.5 Å². The lowest BCUT2D eigenvalue weighted by Crippen LogP contribution is -2.29. The normalized spacial score (nSPS) is 11.3. The fraction of sp³-hybridized carbons (Fsp3) is 0.571. The molecule has 1 heterocycles. The Hall–Kier alpha value is -1.05. The minimum Gasteiger partial charge on any atom is -0.389 e. The van der Waals surface area contributed by atoms with Crippen LogP contribution in [0.4, 0.5) is 0 Å². The van der Waals surface area contributed by atoms with E-state index in [0.29, 0.717) is 24.2 Å². The third kappa shape index (κ3) is 3.47. The second-order valence-corrected chi connectivity index (χ2v) is 5.56. The number of hydrogen-bond acceptors (Lipinski definition) is 4. The quantitative estimate of drug-likeness (QED) is 0.830. The molecule has 1 rings (SSSR count). The topological polar surface area (TPSA) is 56.9 Å². The number of aryl methyl sites for hydroxylation is 2. The smallest absolute Gasteiger partial charge is 0.114 e. The van der Waals surface area contributed by atoms with Crippen molar-refractivity contribution in [3.8, 4) is 6.07 Å². The predicted octanol–water partition coefficient (Wildman–Crippen LogP) is 3.21. The number of rotatable bonds is 5. The van der Waals surface area contributed by atoms with Gasteiger partial charge >= 0.3 is 0 Å². The molecule has 4 heteroatoms. The Morgan fingerprint density at radius 2 is 2.00 bits per heavy atom. The van der Waals surface area contributed by atoms with E-state index in [1.807, 2.05) is 33.8 Å². The maximum Gasteiger partial charge on any atom is 0.114 e. The first-order chi connectivity index (χ1) is 8.45. The first-order valence-electron chi connectivity index (χ1n) is 6.19. The van der Waals surface area contributed by atoms with Crippen molar-refractivity contribution in [3.05, 3.63) is 22.9 Å². The molecule has 18 heavy (non-hydrogen) atoms. The first kappa shape index (κ1) is 15.0. The molecule has 0 amide bonds. The molecule has 1 N–H and O–H groups in total. The van der Waals surface area contributed by atoms with Crippen LogP contribution in [0, 0.1) is 25.2 Å². The zero-order valence-corrected chi connectivity index (χ0v) is 12.3. The summed E-state index contributed by atoms with van der Waals surface area (Å²) in [6, 6.07) is 4.11. The summed E-state index contributed by atoms with van der Waals surface area (Å²) in [5, 5.41) is 20.2. The lowest BCUT2D eigenvalue weighted by molar-refractivity contribution is 0.0571. The molecule has 0 aliphatic carbocycles. The molecule has 1 aromatic rings. The maximum atomic E-state index is 10.3. The van der Waals surface area contributed by atoms with Gasteiger partial charge in [-0.2, -0.15) is 5.26 Å². The van der Waals surface area contributed by atoms with Gasteiger partial charge in [0.15, 0.2) is 0 Å². The number of nitriles is 1. The summed E-state index contributed by atoms with van der Waals surface area (Å²) in [5.41, 5.74) is 1.81. The highest BCUT2D eigenvalue weighted by atomic mass is 32.2. The second kappa shape index (κ2) is 6.21. The van der Waals surface area contributed by atoms with Crippen LogP contribution in [-0.2, 0) is 0 Å². The van der Waals surface area contributed by atoms with Gasteiger partial charge in [0.25, 0.3) is 0 Å². The molecular weight excluding hydrogens is 244 g/mol. The summed E-state index contributed by atoms with van der Waals surface area (Å²) in [5.74, 6) is 0.574. The minimum atomic E-state index is -0.670. The van der Waals surface area contributed by atoms with E-state index < -0.39 is 5.60 Å². The van der Waals surface area contributed by atoms with Crippen LogP contribution >= 0.6 is 11.8 Å². The van der Waals surface area contributed by atoms with Crippen LogP contribution in [0.2, 0.25) is 0 Å². The Balaban J connectivity index is 2.95. The van der Waals surface area contributed by atoms with Crippen LogP contribution in [0.5, 0.6) is 0 Å². The van der Waals surface area contributed by atoms with Crippen molar-refractivity contribution in [1.29, 1.82) is 5.26 Å². The van der Waals surface area contributed by atoms with Gasteiger partial charge in [0.05, 0.1) is 11.2 Å². The molecule has 0 bridgehead atoms. The Morgan fingerprint density at radius 3 is 2.50 bits per heavy atom. The highest BCUT2D eigenvalue weighted by Crippen LogP contribution is 2.29. The number of thioether (sulfide) groups is 1. The zero-order valence-electron chi connectivity index (χ0n) is 11.4. The van der Waals surface area contributed by atoms with E-state index in [0.717, 1.165) is 16.3 Å². The van der Waals surface area contributed by atoms with Crippen molar-refractivity contribution in [2.24, 2.45) is 0 Å². The minimum absolute atomic E-state index is 0.574. The Labute approximate surface area is 113 Å². The average molecular weight is 264 g/mol. The molecule has 0 spiro atoms. The highest BCUT2D eigenvalue weighted by molar-refractivity contribution is 7.99. The number of aromatic nitrogens is 1. The maximum absolute atomic E-state index is 10.3. The molecular formula is C14H20N2OS. The molecule has 0 atom stereocenters. The van der Waals surface area contributed by atoms with Crippen molar-refractivity contribution in [2.75, 3.05) is 5.75 Å². The van der Waals surface area contributed by atoms with Crippen molar-refractivity contribution in [1.82, 2.24) is 4.98 Å². The molecule has 0 unspecified atom stereocenters. The van der Waals surface area contributed by atoms with Crippen LogP contribution in [0.15, 0.2) is 11.1 Å². The summed E-state index contributed by atoms with van der Waals surface area (Å²) in [4.78, 5) is 4.41. The summed E-state index contributed by atoms with van der Waals surface area (Å²) >= 11 is 1.47. The summed E-state index contributed by atoms with van der Waals surface area (Å²) in [6.07, 6.45) is 1.42. The van der Waals surface area contributed by atoms with Gasteiger partial charge in [0.1, 0.15) is 11.1 Å². The molecule has 0 saturated carbocycles. The molecule has 0 aliphatic rings. The molecule has 0 radical (unpaired) electrons. The van der Waals surface area contributed by atoms with Crippen molar-refractivity contribution in [2.45, 2.75) is 51.2 Å². The zero-order chi connectivity index (χ0) is 13.8. The lowest BCUT2D eigenvalue weighted by atomic mass is 10.0. The van der Waals surface area contributed by atoms with Crippen LogP contribution < -0.4 is 0 Å². The molecule has 0 fully saturated rings. The third-order valence-corrected chi connectivity index (χ3v) is 4.47. The van der Waals surface area contributed by atoms with Crippen molar-refractivity contribution < 1.29 is 5.11 Å². The van der Waals surface area contributed by atoms with Crippen molar-refractivity contribution in [3.63, 3.8) is 0 Å². The predicted molar refractivity (Wildman–Crippen MR) is 74.7 cm³/mol. The number of hydrogen-bond donors (Lipinski definition) is 1. The molecule has 0 aliphatic heterocycles. The summed E-state index contributed by atoms with van der Waals surface area (Å²) in [7, 11) is 0. The van der Waals surface area contributed by atoms with Crippen molar-refractivity contribution >= 4 is 11.8 Å². The Kier molecular flexibility index (Phi) is 5.18. The Bertz CT molecular complexity index is 462. The number of nitrogens with zero attached hydrogens (tertiary/aromatic N) is 2. The monoisotopic (exact) mass is 264 g/mol. The van der Waals surface area contributed by atoms with E-state index in [1.165, 1.54) is 11.8 Å². The number of pyridine rings is 1. The summed E-state index contributed by atoms with van der Waals surface area (Å²) < 4.78 is 0. The fourth-order valence-corrected chi connectivity index (χ4v) is 3.07. The molecule has 0 aromatic carbocycles. The molecule has 0 saturated heterocycles. The summed E-state index contributed by atoms with van der Waals surface area (Å²) in [6.45, 7) is 7.79. The standard InChI is InChI=1S/C14H20N2OS/c1-5-14(17,6-2)9-18-13-12(8-15)10(3)7-11(4)16-13/h7,17H,5-6,9H2,1-4H3. The van der Waals surface area contributed by atoms with E-state index in [1.54, 1.807) is 0 Å². The molecule has 98 valence electrons. The van der Waals surface area contributed by atoms with Gasteiger partial charge in [-0.3, -0.25) is 0 Å². The first-order valence-corrected chi connectivity index (χ1v) is 7.18. The fourth-order valence-electron chi connectivity index (χ4n) is 1.70. The van der Waals surface area contributed by atoms with Gasteiger partial charge in [-0.05, 0) is 38.3 Å². The van der Waals surface area contributed by atoms with E-state index in [4.69, 9.17) is 5.26 Å². The van der Waals surface area contributed by atoms with E-state index in [2.05, 4.69) is 11.1 Å². The van der Waals surface area contributed by atoms with E-state index in [9.17, 15) is 5.11 Å². The van der Waals surface area contributed by atoms with Crippen LogP contribution in [0.3, 0.4) is 0 Å². The largest absolute Gasteiger partial charge is 0.389 e. The van der Waals surface area contributed by atoms with Gasteiger partial charge < -0.3 is 5.11 Å². The van der Waals surface area contributed by atoms with Gasteiger partial charge in [-0.25, -0.2) is 4.98 Å². The van der Waals surface area contributed by atoms with Gasteiger partial charge in [-0.1, -0.05) is 13.8 Å². The highest BCUT2D eigenvalue weighted by Gasteiger charge is 2.23. The van der Waals surface area contributed by atoms with E-state index in [-0.39, 0.29) is 0 Å². The third-order valence-electron chi connectivity index (χ3n) is 3.22. The van der Waals surface area contributed by atoms with Crippen LogP contribution in [0.25, 0.3) is 0 Å².